The van der Waals surface area contributed by atoms with Crippen LogP contribution in [-0.2, 0) is 5.54 Å². The SMILES string of the molecule is CC1(c2cccc(Br)c2)CC(O)CCN1.Cl. The number of nitrogens with one attached hydrogen (secondary N) is 1. The van der Waals surface area contributed by atoms with E-state index in [1.54, 1.807) is 0 Å². The lowest BCUT2D eigenvalue weighted by Gasteiger charge is -2.38. The van der Waals surface area contributed by atoms with Crippen LogP contribution >= 0.6 is 28.3 Å². The fourth-order valence-electron chi connectivity index (χ4n) is 2.21. The maximum absolute atomic E-state index is 9.72. The minimum atomic E-state index is -0.185. The molecule has 0 radical (unpaired) electrons. The topological polar surface area (TPSA) is 32.3 Å². The molecule has 2 atom stereocenters. The summed E-state index contributed by atoms with van der Waals surface area (Å²) in [6, 6.07) is 8.28. The zero-order chi connectivity index (χ0) is 10.9. The van der Waals surface area contributed by atoms with E-state index in [0.717, 1.165) is 23.9 Å². The van der Waals surface area contributed by atoms with Gasteiger partial charge < -0.3 is 10.4 Å². The predicted molar refractivity (Wildman–Crippen MR) is 72.0 cm³/mol. The van der Waals surface area contributed by atoms with Crippen LogP contribution in [0.5, 0.6) is 0 Å². The first-order valence-electron chi connectivity index (χ1n) is 5.29. The van der Waals surface area contributed by atoms with Crippen LogP contribution in [0, 0.1) is 0 Å². The molecule has 0 amide bonds. The smallest absolute Gasteiger partial charge is 0.0573 e. The lowest BCUT2D eigenvalue weighted by Crippen LogP contribution is -2.47. The first kappa shape index (κ1) is 14.0. The number of aliphatic hydroxyl groups excluding tert-OH is 1. The van der Waals surface area contributed by atoms with E-state index < -0.39 is 0 Å². The molecule has 2 rings (SSSR count). The fraction of sp³-hybridized carbons (Fsp3) is 0.500. The van der Waals surface area contributed by atoms with Gasteiger partial charge in [-0.3, -0.25) is 0 Å². The molecule has 1 heterocycles. The van der Waals surface area contributed by atoms with Gasteiger partial charge in [-0.2, -0.15) is 0 Å². The van der Waals surface area contributed by atoms with E-state index in [1.807, 2.05) is 12.1 Å². The molecule has 0 bridgehead atoms. The predicted octanol–water partition coefficient (Wildman–Crippen LogP) is 2.83. The third-order valence-corrected chi connectivity index (χ3v) is 3.59. The summed E-state index contributed by atoms with van der Waals surface area (Å²) in [5.41, 5.74) is 1.14. The van der Waals surface area contributed by atoms with Gasteiger partial charge in [0, 0.05) is 10.0 Å². The molecule has 0 saturated carbocycles. The van der Waals surface area contributed by atoms with Crippen molar-refractivity contribution in [2.75, 3.05) is 6.54 Å². The molecule has 0 aromatic heterocycles. The van der Waals surface area contributed by atoms with Gasteiger partial charge in [-0.1, -0.05) is 28.1 Å². The van der Waals surface area contributed by atoms with Crippen LogP contribution in [0.4, 0.5) is 0 Å². The highest BCUT2D eigenvalue weighted by atomic mass is 79.9. The van der Waals surface area contributed by atoms with Gasteiger partial charge >= 0.3 is 0 Å². The van der Waals surface area contributed by atoms with Crippen molar-refractivity contribution in [3.63, 3.8) is 0 Å². The van der Waals surface area contributed by atoms with Crippen molar-refractivity contribution in [3.8, 4) is 0 Å². The van der Waals surface area contributed by atoms with E-state index in [-0.39, 0.29) is 24.0 Å². The Balaban J connectivity index is 0.00000128. The molecule has 1 aromatic rings. The van der Waals surface area contributed by atoms with Crippen molar-refractivity contribution in [3.05, 3.63) is 34.3 Å². The molecule has 2 unspecified atom stereocenters. The number of piperidine rings is 1. The van der Waals surface area contributed by atoms with Crippen LogP contribution in [0.2, 0.25) is 0 Å². The summed E-state index contributed by atoms with van der Waals surface area (Å²) in [4.78, 5) is 0. The minimum absolute atomic E-state index is 0. The van der Waals surface area contributed by atoms with Gasteiger partial charge in [0.25, 0.3) is 0 Å². The normalized spacial score (nSPS) is 29.6. The van der Waals surface area contributed by atoms with Crippen LogP contribution in [0.3, 0.4) is 0 Å². The molecule has 2 nitrogen and oxygen atoms in total. The second-order valence-electron chi connectivity index (χ2n) is 4.42. The molecule has 1 aliphatic heterocycles. The molecule has 16 heavy (non-hydrogen) atoms. The number of benzene rings is 1. The molecule has 90 valence electrons. The fourth-order valence-corrected chi connectivity index (χ4v) is 2.61. The molecular formula is C12H17BrClNO. The number of hydrogen-bond donors (Lipinski definition) is 2. The molecule has 1 aliphatic rings. The summed E-state index contributed by atoms with van der Waals surface area (Å²) < 4.78 is 1.09. The Morgan fingerprint density at radius 2 is 2.25 bits per heavy atom. The summed E-state index contributed by atoms with van der Waals surface area (Å²) in [7, 11) is 0. The molecular weight excluding hydrogens is 289 g/mol. The quantitative estimate of drug-likeness (QED) is 0.836. The van der Waals surface area contributed by atoms with Gasteiger partial charge in [-0.25, -0.2) is 0 Å². The standard InChI is InChI=1S/C12H16BrNO.ClH/c1-12(8-11(15)5-6-14-12)9-3-2-4-10(13)7-9;/h2-4,7,11,14-15H,5-6,8H2,1H3;1H. The summed E-state index contributed by atoms with van der Waals surface area (Å²) in [6.07, 6.45) is 1.45. The van der Waals surface area contributed by atoms with Crippen LogP contribution in [0.25, 0.3) is 0 Å². The highest BCUT2D eigenvalue weighted by Crippen LogP contribution is 2.31. The van der Waals surface area contributed by atoms with E-state index in [9.17, 15) is 5.11 Å². The highest BCUT2D eigenvalue weighted by Gasteiger charge is 2.32. The Labute approximate surface area is 111 Å². The van der Waals surface area contributed by atoms with Gasteiger partial charge in [0.15, 0.2) is 0 Å². The summed E-state index contributed by atoms with van der Waals surface area (Å²) in [5.74, 6) is 0. The third-order valence-electron chi connectivity index (χ3n) is 3.10. The number of halogens is 2. The number of hydrogen-bond acceptors (Lipinski definition) is 2. The molecule has 1 fully saturated rings. The Morgan fingerprint density at radius 1 is 1.50 bits per heavy atom. The maximum Gasteiger partial charge on any atom is 0.0573 e. The average molecular weight is 307 g/mol. The molecule has 0 aliphatic carbocycles. The van der Waals surface area contributed by atoms with E-state index in [0.29, 0.717) is 0 Å². The van der Waals surface area contributed by atoms with E-state index in [4.69, 9.17) is 0 Å². The lowest BCUT2D eigenvalue weighted by molar-refractivity contribution is 0.0835. The van der Waals surface area contributed by atoms with E-state index >= 15 is 0 Å². The van der Waals surface area contributed by atoms with Crippen molar-refractivity contribution in [2.24, 2.45) is 0 Å². The average Bonchev–Trinajstić information content (AvgIpc) is 2.17. The summed E-state index contributed by atoms with van der Waals surface area (Å²) in [5, 5.41) is 13.2. The lowest BCUT2D eigenvalue weighted by atomic mass is 9.83. The second kappa shape index (κ2) is 5.50. The first-order valence-corrected chi connectivity index (χ1v) is 6.09. The monoisotopic (exact) mass is 305 g/mol. The molecule has 0 spiro atoms. The summed E-state index contributed by atoms with van der Waals surface area (Å²) >= 11 is 3.48. The molecule has 2 N–H and O–H groups in total. The number of aliphatic hydroxyl groups is 1. The van der Waals surface area contributed by atoms with Gasteiger partial charge in [-0.05, 0) is 44.0 Å². The highest BCUT2D eigenvalue weighted by molar-refractivity contribution is 9.10. The molecule has 1 aromatic carbocycles. The minimum Gasteiger partial charge on any atom is -0.393 e. The number of rotatable bonds is 1. The Bertz CT molecular complexity index is 361. The van der Waals surface area contributed by atoms with Gasteiger partial charge in [0.05, 0.1) is 6.10 Å². The Hall–Kier alpha value is -0.0900. The Kier molecular flexibility index (Phi) is 4.80. The van der Waals surface area contributed by atoms with Crippen molar-refractivity contribution in [2.45, 2.75) is 31.4 Å². The van der Waals surface area contributed by atoms with Crippen LogP contribution in [0.1, 0.15) is 25.3 Å². The van der Waals surface area contributed by atoms with Crippen LogP contribution in [-0.4, -0.2) is 17.8 Å². The van der Waals surface area contributed by atoms with Gasteiger partial charge in [0.2, 0.25) is 0 Å². The van der Waals surface area contributed by atoms with Gasteiger partial charge in [0.1, 0.15) is 0 Å². The first-order chi connectivity index (χ1) is 7.10. The van der Waals surface area contributed by atoms with E-state index in [2.05, 4.69) is 40.3 Å². The third kappa shape index (κ3) is 2.98. The zero-order valence-electron chi connectivity index (χ0n) is 9.24. The van der Waals surface area contributed by atoms with Crippen molar-refractivity contribution in [1.29, 1.82) is 0 Å². The van der Waals surface area contributed by atoms with Crippen molar-refractivity contribution >= 4 is 28.3 Å². The molecule has 1 saturated heterocycles. The van der Waals surface area contributed by atoms with Crippen LogP contribution < -0.4 is 5.32 Å². The second-order valence-corrected chi connectivity index (χ2v) is 5.33. The summed E-state index contributed by atoms with van der Waals surface area (Å²) in [6.45, 7) is 3.03. The zero-order valence-corrected chi connectivity index (χ0v) is 11.6. The largest absolute Gasteiger partial charge is 0.393 e. The van der Waals surface area contributed by atoms with Crippen molar-refractivity contribution < 1.29 is 5.11 Å². The van der Waals surface area contributed by atoms with Gasteiger partial charge in [-0.15, -0.1) is 12.4 Å². The van der Waals surface area contributed by atoms with E-state index in [1.165, 1.54) is 5.56 Å². The molecule has 4 heteroatoms. The van der Waals surface area contributed by atoms with Crippen molar-refractivity contribution in [1.82, 2.24) is 5.32 Å². The Morgan fingerprint density at radius 3 is 2.88 bits per heavy atom. The van der Waals surface area contributed by atoms with Crippen LogP contribution in [0.15, 0.2) is 28.7 Å². The maximum atomic E-state index is 9.72.